The number of nitrogens with one attached hydrogen (secondary N) is 3. The van der Waals surface area contributed by atoms with Crippen LogP contribution in [0.25, 0.3) is 10.9 Å². The molecule has 3 N–H and O–H groups in total. The van der Waals surface area contributed by atoms with Gasteiger partial charge in [0.25, 0.3) is 0 Å². The first-order chi connectivity index (χ1) is 12.8. The summed E-state index contributed by atoms with van der Waals surface area (Å²) in [7, 11) is 1.63. The smallest absolute Gasteiger partial charge is 0.361 e. The van der Waals surface area contributed by atoms with Crippen LogP contribution in [0.1, 0.15) is 12.0 Å². The number of guanidine groups is 1. The topological polar surface area (TPSA) is 55.5 Å². The third kappa shape index (κ3) is 6.23. The highest BCUT2D eigenvalue weighted by molar-refractivity contribution is 14.0. The lowest BCUT2D eigenvalue weighted by Gasteiger charge is -2.19. The fourth-order valence-corrected chi connectivity index (χ4v) is 3.42. The van der Waals surface area contributed by atoms with Crippen LogP contribution in [0.15, 0.2) is 29.4 Å². The van der Waals surface area contributed by atoms with Crippen molar-refractivity contribution >= 4 is 40.8 Å². The number of likely N-dealkylation sites (tertiary alicyclic amines) is 1. The quantitative estimate of drug-likeness (QED) is 0.249. The highest BCUT2D eigenvalue weighted by atomic mass is 127. The second kappa shape index (κ2) is 9.77. The molecule has 1 aliphatic heterocycles. The molecule has 0 radical (unpaired) electrons. The molecule has 1 unspecified atom stereocenters. The van der Waals surface area contributed by atoms with Crippen LogP contribution in [0.3, 0.4) is 0 Å². The summed E-state index contributed by atoms with van der Waals surface area (Å²) in [5.41, 5.74) is 1.81. The highest BCUT2D eigenvalue weighted by Crippen LogP contribution is 2.20. The molecule has 1 aliphatic rings. The molecule has 1 saturated heterocycles. The Bertz CT molecular complexity index is 805. The van der Waals surface area contributed by atoms with Crippen LogP contribution >= 0.6 is 24.0 Å². The first kappa shape index (κ1) is 22.7. The van der Waals surface area contributed by atoms with E-state index in [-0.39, 0.29) is 35.8 Å². The lowest BCUT2D eigenvalue weighted by molar-refractivity contribution is -0.143. The zero-order chi connectivity index (χ0) is 19.4. The maximum absolute atomic E-state index is 13.2. The Kier molecular flexibility index (Phi) is 7.93. The van der Waals surface area contributed by atoms with Crippen LogP contribution in [0.4, 0.5) is 17.6 Å². The Balaban J connectivity index is 0.00000280. The molecule has 1 atom stereocenters. The minimum absolute atomic E-state index is 0. The molecule has 0 amide bonds. The molecule has 3 rings (SSSR count). The van der Waals surface area contributed by atoms with Gasteiger partial charge < -0.3 is 15.6 Å². The lowest BCUT2D eigenvalue weighted by Crippen LogP contribution is -2.45. The van der Waals surface area contributed by atoms with E-state index >= 15 is 0 Å². The maximum Gasteiger partial charge on any atom is 0.401 e. The van der Waals surface area contributed by atoms with E-state index in [0.29, 0.717) is 38.4 Å². The molecule has 10 heteroatoms. The fraction of sp³-hybridized carbons (Fsp3) is 0.500. The van der Waals surface area contributed by atoms with Crippen LogP contribution in [0.2, 0.25) is 0 Å². The minimum Gasteiger partial charge on any atom is -0.361 e. The van der Waals surface area contributed by atoms with E-state index in [1.54, 1.807) is 13.1 Å². The fourth-order valence-electron chi connectivity index (χ4n) is 3.42. The molecule has 1 aromatic carbocycles. The number of nitrogens with zero attached hydrogens (tertiary/aromatic N) is 2. The summed E-state index contributed by atoms with van der Waals surface area (Å²) < 4.78 is 50.7. The first-order valence-corrected chi connectivity index (χ1v) is 8.86. The number of aromatic nitrogens is 1. The predicted octanol–water partition coefficient (Wildman–Crippen LogP) is 3.27. The second-order valence-corrected chi connectivity index (χ2v) is 6.73. The van der Waals surface area contributed by atoms with Gasteiger partial charge in [-0.15, -0.1) is 24.0 Å². The van der Waals surface area contributed by atoms with E-state index in [4.69, 9.17) is 0 Å². The predicted molar refractivity (Wildman–Crippen MR) is 113 cm³/mol. The van der Waals surface area contributed by atoms with Crippen molar-refractivity contribution in [2.75, 3.05) is 33.2 Å². The van der Waals surface area contributed by atoms with Crippen molar-refractivity contribution in [3.8, 4) is 0 Å². The molecule has 0 spiro atoms. The maximum atomic E-state index is 13.2. The van der Waals surface area contributed by atoms with E-state index in [0.717, 1.165) is 16.5 Å². The highest BCUT2D eigenvalue weighted by Gasteiger charge is 2.34. The van der Waals surface area contributed by atoms with Crippen molar-refractivity contribution in [3.05, 3.63) is 35.8 Å². The van der Waals surface area contributed by atoms with E-state index in [2.05, 4.69) is 20.6 Å². The SMILES string of the molecule is CN=C(NCCc1c[nH]c2cc(F)ccc12)NC1CCN(CC(F)(F)F)C1.I. The van der Waals surface area contributed by atoms with Crippen molar-refractivity contribution in [2.45, 2.75) is 25.1 Å². The number of fused-ring (bicyclic) bond motifs is 1. The molecule has 0 aliphatic carbocycles. The second-order valence-electron chi connectivity index (χ2n) is 6.73. The zero-order valence-electron chi connectivity index (χ0n) is 15.4. The molecule has 28 heavy (non-hydrogen) atoms. The Hall–Kier alpha value is -1.56. The molecule has 0 saturated carbocycles. The van der Waals surface area contributed by atoms with Gasteiger partial charge in [0.05, 0.1) is 6.54 Å². The van der Waals surface area contributed by atoms with Crippen LogP contribution in [-0.4, -0.2) is 61.3 Å². The summed E-state index contributed by atoms with van der Waals surface area (Å²) in [4.78, 5) is 8.59. The molecular weight excluding hydrogens is 489 g/mol. The minimum atomic E-state index is -4.17. The van der Waals surface area contributed by atoms with Gasteiger partial charge in [-0.3, -0.25) is 9.89 Å². The molecule has 2 heterocycles. The number of aromatic amines is 1. The number of H-pyrrole nitrogens is 1. The van der Waals surface area contributed by atoms with Crippen molar-refractivity contribution in [2.24, 2.45) is 4.99 Å². The van der Waals surface area contributed by atoms with Gasteiger partial charge in [0, 0.05) is 49.8 Å². The van der Waals surface area contributed by atoms with Gasteiger partial charge in [0.1, 0.15) is 5.82 Å². The third-order valence-electron chi connectivity index (χ3n) is 4.66. The number of halogens is 5. The molecule has 156 valence electrons. The molecule has 0 bridgehead atoms. The normalized spacial score (nSPS) is 18.3. The van der Waals surface area contributed by atoms with E-state index in [9.17, 15) is 17.6 Å². The molecule has 5 nitrogen and oxygen atoms in total. The van der Waals surface area contributed by atoms with E-state index in [1.165, 1.54) is 17.0 Å². The van der Waals surface area contributed by atoms with Crippen molar-refractivity contribution < 1.29 is 17.6 Å². The van der Waals surface area contributed by atoms with Gasteiger partial charge in [-0.25, -0.2) is 4.39 Å². The number of alkyl halides is 3. The third-order valence-corrected chi connectivity index (χ3v) is 4.66. The molecule has 1 fully saturated rings. The van der Waals surface area contributed by atoms with Crippen molar-refractivity contribution in [1.29, 1.82) is 0 Å². The summed E-state index contributed by atoms with van der Waals surface area (Å²) >= 11 is 0. The number of hydrogen-bond acceptors (Lipinski definition) is 2. The van der Waals surface area contributed by atoms with Crippen molar-refractivity contribution in [3.63, 3.8) is 0 Å². The number of rotatable bonds is 5. The number of benzene rings is 1. The van der Waals surface area contributed by atoms with Gasteiger partial charge in [-0.1, -0.05) is 0 Å². The summed E-state index contributed by atoms with van der Waals surface area (Å²) in [5.74, 6) is 0.287. The monoisotopic (exact) mass is 513 g/mol. The Morgan fingerprint density at radius 2 is 2.14 bits per heavy atom. The zero-order valence-corrected chi connectivity index (χ0v) is 17.8. The Labute approximate surface area is 178 Å². The van der Waals surface area contributed by atoms with Gasteiger partial charge in [-0.2, -0.15) is 13.2 Å². The van der Waals surface area contributed by atoms with Gasteiger partial charge in [0.15, 0.2) is 5.96 Å². The molecule has 1 aromatic heterocycles. The summed E-state index contributed by atoms with van der Waals surface area (Å²) in [6.07, 6.45) is -0.965. The largest absolute Gasteiger partial charge is 0.401 e. The van der Waals surface area contributed by atoms with Crippen LogP contribution in [0, 0.1) is 5.82 Å². The van der Waals surface area contributed by atoms with Crippen LogP contribution < -0.4 is 10.6 Å². The van der Waals surface area contributed by atoms with Gasteiger partial charge in [0.2, 0.25) is 0 Å². The summed E-state index contributed by atoms with van der Waals surface area (Å²) in [6.45, 7) is 0.482. The average molecular weight is 513 g/mol. The number of hydrogen-bond donors (Lipinski definition) is 3. The van der Waals surface area contributed by atoms with Crippen LogP contribution in [-0.2, 0) is 6.42 Å². The summed E-state index contributed by atoms with van der Waals surface area (Å²) in [6, 6.07) is 4.58. The average Bonchev–Trinajstić information content (AvgIpc) is 3.19. The summed E-state index contributed by atoms with van der Waals surface area (Å²) in [5, 5.41) is 7.33. The Morgan fingerprint density at radius 1 is 1.36 bits per heavy atom. The van der Waals surface area contributed by atoms with E-state index < -0.39 is 12.7 Å². The van der Waals surface area contributed by atoms with Gasteiger partial charge >= 0.3 is 6.18 Å². The van der Waals surface area contributed by atoms with E-state index in [1.807, 2.05) is 6.20 Å². The number of aliphatic imine (C=N–C) groups is 1. The Morgan fingerprint density at radius 3 is 2.86 bits per heavy atom. The standard InChI is InChI=1S/C18H23F4N5.HI/c1-23-17(26-14-5-7-27(10-14)11-18(20,21)22)24-6-4-12-9-25-16-8-13(19)2-3-15(12)16;/h2-3,8-9,14,25H,4-7,10-11H2,1H3,(H2,23,24,26);1H. The molecule has 2 aromatic rings. The lowest BCUT2D eigenvalue weighted by atomic mass is 10.1. The van der Waals surface area contributed by atoms with Crippen molar-refractivity contribution in [1.82, 2.24) is 20.5 Å². The molecular formula is C18H24F4IN5. The first-order valence-electron chi connectivity index (χ1n) is 8.86. The van der Waals surface area contributed by atoms with Gasteiger partial charge in [-0.05, 0) is 36.6 Å². The van der Waals surface area contributed by atoms with Crippen LogP contribution in [0.5, 0.6) is 0 Å².